The highest BCUT2D eigenvalue weighted by Crippen LogP contribution is 2.30. The molecule has 2 rings (SSSR count). The molecule has 0 aromatic carbocycles. The van der Waals surface area contributed by atoms with E-state index in [4.69, 9.17) is 5.11 Å². The summed E-state index contributed by atoms with van der Waals surface area (Å²) in [5, 5.41) is 13.5. The van der Waals surface area contributed by atoms with E-state index >= 15 is 0 Å². The maximum absolute atomic E-state index is 10.8. The van der Waals surface area contributed by atoms with Gasteiger partial charge in [0.05, 0.1) is 18.2 Å². The number of hydrogen-bond acceptors (Lipinski definition) is 2. The summed E-state index contributed by atoms with van der Waals surface area (Å²) in [6.45, 7) is 3.96. The van der Waals surface area contributed by atoms with Crippen molar-refractivity contribution in [1.29, 1.82) is 0 Å². The highest BCUT2D eigenvalue weighted by Gasteiger charge is 2.24. The molecule has 1 heterocycles. The van der Waals surface area contributed by atoms with Crippen molar-refractivity contribution in [2.24, 2.45) is 5.41 Å². The first-order valence-electron chi connectivity index (χ1n) is 6.72. The van der Waals surface area contributed by atoms with Gasteiger partial charge >= 0.3 is 5.97 Å². The summed E-state index contributed by atoms with van der Waals surface area (Å²) in [6.07, 6.45) is 7.98. The maximum Gasteiger partial charge on any atom is 0.303 e. The van der Waals surface area contributed by atoms with Gasteiger partial charge < -0.3 is 5.11 Å². The van der Waals surface area contributed by atoms with E-state index in [-0.39, 0.29) is 11.8 Å². The lowest BCUT2D eigenvalue weighted by Crippen LogP contribution is -2.20. The van der Waals surface area contributed by atoms with Crippen LogP contribution in [0.4, 0.5) is 0 Å². The predicted octanol–water partition coefficient (Wildman–Crippen LogP) is 3.04. The van der Waals surface area contributed by atoms with Crippen LogP contribution in [-0.2, 0) is 11.2 Å². The molecule has 1 saturated carbocycles. The molecule has 4 heteroatoms. The molecule has 0 unspecified atom stereocenters. The van der Waals surface area contributed by atoms with Crippen molar-refractivity contribution < 1.29 is 9.90 Å². The van der Waals surface area contributed by atoms with E-state index in [0.717, 1.165) is 12.1 Å². The lowest BCUT2D eigenvalue weighted by atomic mass is 9.84. The Kier molecular flexibility index (Phi) is 3.73. The minimum atomic E-state index is -0.741. The zero-order valence-corrected chi connectivity index (χ0v) is 11.2. The van der Waals surface area contributed by atoms with Crippen LogP contribution in [0.15, 0.2) is 12.3 Å². The summed E-state index contributed by atoms with van der Waals surface area (Å²) in [4.78, 5) is 10.8. The molecular weight excluding hydrogens is 228 g/mol. The second kappa shape index (κ2) is 5.12. The van der Waals surface area contributed by atoms with Crippen LogP contribution in [0.2, 0.25) is 0 Å². The Hall–Kier alpha value is -1.32. The highest BCUT2D eigenvalue weighted by molar-refractivity contribution is 5.67. The molecule has 18 heavy (non-hydrogen) atoms. The lowest BCUT2D eigenvalue weighted by molar-refractivity contribution is -0.139. The molecule has 1 fully saturated rings. The van der Waals surface area contributed by atoms with Gasteiger partial charge in [-0.25, -0.2) is 0 Å². The minimum Gasteiger partial charge on any atom is -0.481 e. The summed E-state index contributed by atoms with van der Waals surface area (Å²) in [5.74, 6) is -0.741. The van der Waals surface area contributed by atoms with Gasteiger partial charge in [0.25, 0.3) is 0 Å². The van der Waals surface area contributed by atoms with Gasteiger partial charge in [0.15, 0.2) is 0 Å². The second-order valence-corrected chi connectivity index (χ2v) is 6.14. The zero-order chi connectivity index (χ0) is 13.2. The van der Waals surface area contributed by atoms with Crippen molar-refractivity contribution in [1.82, 2.24) is 9.78 Å². The van der Waals surface area contributed by atoms with E-state index in [1.807, 2.05) is 26.1 Å². The number of carbonyl (C=O) groups is 1. The van der Waals surface area contributed by atoms with E-state index in [1.165, 1.54) is 25.7 Å². The number of aliphatic carboxylic acids is 1. The first-order chi connectivity index (χ1) is 8.46. The van der Waals surface area contributed by atoms with Crippen LogP contribution < -0.4 is 0 Å². The van der Waals surface area contributed by atoms with Crippen LogP contribution in [0.5, 0.6) is 0 Å². The van der Waals surface area contributed by atoms with Crippen LogP contribution >= 0.6 is 0 Å². The smallest absolute Gasteiger partial charge is 0.303 e. The normalized spacial score (nSPS) is 17.2. The third-order valence-electron chi connectivity index (χ3n) is 3.65. The van der Waals surface area contributed by atoms with Crippen molar-refractivity contribution in [2.75, 3.05) is 0 Å². The van der Waals surface area contributed by atoms with E-state index in [1.54, 1.807) is 0 Å². The predicted molar refractivity (Wildman–Crippen MR) is 69.5 cm³/mol. The second-order valence-electron chi connectivity index (χ2n) is 6.14. The molecule has 100 valence electrons. The Morgan fingerprint density at radius 1 is 1.50 bits per heavy atom. The third kappa shape index (κ3) is 3.34. The molecule has 1 aromatic rings. The molecule has 4 nitrogen and oxygen atoms in total. The molecule has 0 atom stereocenters. The molecule has 0 aliphatic heterocycles. The summed E-state index contributed by atoms with van der Waals surface area (Å²) >= 11 is 0. The molecule has 0 bridgehead atoms. The standard InChI is InChI=1S/C14H22N2O2/c1-14(2,10-13(17)18)9-11-7-8-16(15-11)12-5-3-4-6-12/h7-8,12H,3-6,9-10H2,1-2H3,(H,17,18). The minimum absolute atomic E-state index is 0.184. The lowest BCUT2D eigenvalue weighted by Gasteiger charge is -2.20. The SMILES string of the molecule is CC(C)(CC(=O)O)Cc1ccn(C2CCCC2)n1. The van der Waals surface area contributed by atoms with Gasteiger partial charge in [-0.1, -0.05) is 26.7 Å². The summed E-state index contributed by atoms with van der Waals surface area (Å²) in [6, 6.07) is 2.59. The van der Waals surface area contributed by atoms with E-state index < -0.39 is 5.97 Å². The maximum atomic E-state index is 10.8. The quantitative estimate of drug-likeness (QED) is 0.873. The number of carboxylic acids is 1. The van der Waals surface area contributed by atoms with E-state index in [2.05, 4.69) is 9.78 Å². The van der Waals surface area contributed by atoms with Crippen LogP contribution in [0.3, 0.4) is 0 Å². The Morgan fingerprint density at radius 3 is 2.78 bits per heavy atom. The number of carboxylic acid groups (broad SMARTS) is 1. The molecule has 0 radical (unpaired) electrons. The van der Waals surface area contributed by atoms with E-state index in [9.17, 15) is 4.79 Å². The van der Waals surface area contributed by atoms with Crippen molar-refractivity contribution in [3.8, 4) is 0 Å². The van der Waals surface area contributed by atoms with Gasteiger partial charge in [-0.3, -0.25) is 9.48 Å². The van der Waals surface area contributed by atoms with Crippen LogP contribution in [0, 0.1) is 5.41 Å². The van der Waals surface area contributed by atoms with Crippen molar-refractivity contribution in [3.63, 3.8) is 0 Å². The first kappa shape index (κ1) is 13.1. The summed E-state index contributed by atoms with van der Waals surface area (Å²) < 4.78 is 2.07. The Labute approximate surface area is 108 Å². The van der Waals surface area contributed by atoms with Crippen LogP contribution in [0.25, 0.3) is 0 Å². The number of nitrogens with zero attached hydrogens (tertiary/aromatic N) is 2. The monoisotopic (exact) mass is 250 g/mol. The fraction of sp³-hybridized carbons (Fsp3) is 0.714. The molecule has 0 spiro atoms. The van der Waals surface area contributed by atoms with Gasteiger partial charge in [0, 0.05) is 6.20 Å². The van der Waals surface area contributed by atoms with Crippen LogP contribution in [0.1, 0.15) is 57.7 Å². The molecule has 1 aliphatic rings. The van der Waals surface area contributed by atoms with Crippen molar-refractivity contribution in [2.45, 2.75) is 58.4 Å². The summed E-state index contributed by atoms with van der Waals surface area (Å²) in [7, 11) is 0. The zero-order valence-electron chi connectivity index (χ0n) is 11.2. The Bertz CT molecular complexity index is 417. The van der Waals surface area contributed by atoms with Gasteiger partial charge in [0.2, 0.25) is 0 Å². The number of rotatable bonds is 5. The molecule has 0 amide bonds. The van der Waals surface area contributed by atoms with Crippen molar-refractivity contribution >= 4 is 5.97 Å². The number of aromatic nitrogens is 2. The molecular formula is C14H22N2O2. The summed E-state index contributed by atoms with van der Waals surface area (Å²) in [5.41, 5.74) is 0.772. The first-order valence-corrected chi connectivity index (χ1v) is 6.72. The fourth-order valence-corrected chi connectivity index (χ4v) is 2.81. The Balaban J connectivity index is 1.99. The number of hydrogen-bond donors (Lipinski definition) is 1. The van der Waals surface area contributed by atoms with Gasteiger partial charge in [-0.2, -0.15) is 5.10 Å². The van der Waals surface area contributed by atoms with Gasteiger partial charge in [-0.05, 0) is 30.7 Å². The molecule has 1 aromatic heterocycles. The third-order valence-corrected chi connectivity index (χ3v) is 3.65. The van der Waals surface area contributed by atoms with Gasteiger partial charge in [0.1, 0.15) is 0 Å². The Morgan fingerprint density at radius 2 is 2.17 bits per heavy atom. The highest BCUT2D eigenvalue weighted by atomic mass is 16.4. The average Bonchev–Trinajstić information content (AvgIpc) is 2.82. The van der Waals surface area contributed by atoms with Crippen LogP contribution in [-0.4, -0.2) is 20.9 Å². The van der Waals surface area contributed by atoms with E-state index in [0.29, 0.717) is 6.04 Å². The fourth-order valence-electron chi connectivity index (χ4n) is 2.81. The largest absolute Gasteiger partial charge is 0.481 e. The average molecular weight is 250 g/mol. The molecule has 1 N–H and O–H groups in total. The molecule has 1 aliphatic carbocycles. The molecule has 0 saturated heterocycles. The topological polar surface area (TPSA) is 55.1 Å². The van der Waals surface area contributed by atoms with Crippen molar-refractivity contribution in [3.05, 3.63) is 18.0 Å². The van der Waals surface area contributed by atoms with Gasteiger partial charge in [-0.15, -0.1) is 0 Å².